The van der Waals surface area contributed by atoms with Gasteiger partial charge in [0, 0.05) is 55.3 Å². The Kier molecular flexibility index (Phi) is 11.8. The van der Waals surface area contributed by atoms with Gasteiger partial charge in [-0.1, -0.05) is 183 Å². The van der Waals surface area contributed by atoms with Crippen LogP contribution in [0.3, 0.4) is 0 Å². The Bertz CT molecular complexity index is 4160. The maximum atomic E-state index is 2.77. The van der Waals surface area contributed by atoms with Crippen molar-refractivity contribution in [3.63, 3.8) is 0 Å². The summed E-state index contributed by atoms with van der Waals surface area (Å²) in [5.41, 5.74) is 28.3. The fourth-order valence-electron chi connectivity index (χ4n) is 15.9. The molecule has 5 heteroatoms. The highest BCUT2D eigenvalue weighted by atomic mass is 32.1. The van der Waals surface area contributed by atoms with E-state index in [1.54, 1.807) is 0 Å². The van der Waals surface area contributed by atoms with Crippen molar-refractivity contribution in [3.8, 4) is 0 Å². The van der Waals surface area contributed by atoms with Gasteiger partial charge in [-0.2, -0.15) is 0 Å². The topological polar surface area (TPSA) is 9.72 Å². The normalized spacial score (nSPS) is 19.1. The quantitative estimate of drug-likeness (QED) is 0.159. The first kappa shape index (κ1) is 54.4. The van der Waals surface area contributed by atoms with E-state index < -0.39 is 0 Å². The molecular formula is C78H86BN3S. The lowest BCUT2D eigenvalue weighted by atomic mass is 9.32. The highest BCUT2D eigenvalue weighted by Gasteiger charge is 2.50. The molecule has 3 nitrogen and oxygen atoms in total. The first-order chi connectivity index (χ1) is 39.1. The lowest BCUT2D eigenvalue weighted by Crippen LogP contribution is -2.62. The van der Waals surface area contributed by atoms with Crippen LogP contribution in [-0.2, 0) is 37.9 Å². The third-order valence-corrected chi connectivity index (χ3v) is 22.8. The second-order valence-electron chi connectivity index (χ2n) is 31.1. The van der Waals surface area contributed by atoms with Gasteiger partial charge in [-0.15, -0.1) is 11.3 Å². The first-order valence-corrected chi connectivity index (χ1v) is 32.1. The Labute approximate surface area is 501 Å². The number of fused-ring (bicyclic) bond motifs is 10. The summed E-state index contributed by atoms with van der Waals surface area (Å²) in [6, 6.07) is 56.3. The summed E-state index contributed by atoms with van der Waals surface area (Å²) in [7, 11) is 0. The van der Waals surface area contributed by atoms with E-state index in [1.807, 2.05) is 11.3 Å². The molecule has 9 aromatic rings. The molecule has 2 aliphatic heterocycles. The van der Waals surface area contributed by atoms with Gasteiger partial charge in [0.15, 0.2) is 0 Å². The van der Waals surface area contributed by atoms with Crippen LogP contribution in [0.4, 0.5) is 51.2 Å². The number of thiophene rings is 1. The Morgan fingerprint density at radius 1 is 0.422 bits per heavy atom. The summed E-state index contributed by atoms with van der Waals surface area (Å²) < 4.78 is 2.67. The summed E-state index contributed by atoms with van der Waals surface area (Å²) in [6.07, 6.45) is 6.95. The molecule has 0 bridgehead atoms. The van der Waals surface area contributed by atoms with Crippen LogP contribution in [0, 0.1) is 13.8 Å². The minimum Gasteiger partial charge on any atom is -0.311 e. The Balaban J connectivity index is 1.18. The molecule has 0 saturated heterocycles. The fourth-order valence-corrected chi connectivity index (χ4v) is 17.2. The summed E-state index contributed by atoms with van der Waals surface area (Å²) in [5, 5.41) is 2.65. The van der Waals surface area contributed by atoms with E-state index >= 15 is 0 Å². The molecule has 0 amide bonds. The number of anilines is 9. The van der Waals surface area contributed by atoms with Crippen LogP contribution >= 0.6 is 11.3 Å². The van der Waals surface area contributed by atoms with Gasteiger partial charge in [0.25, 0.3) is 6.71 Å². The average Bonchev–Trinajstić information content (AvgIpc) is 1.16. The van der Waals surface area contributed by atoms with Crippen LogP contribution < -0.4 is 31.1 Å². The van der Waals surface area contributed by atoms with Crippen molar-refractivity contribution in [1.29, 1.82) is 0 Å². The lowest BCUT2D eigenvalue weighted by molar-refractivity contribution is 0.332. The van der Waals surface area contributed by atoms with Gasteiger partial charge in [-0.3, -0.25) is 0 Å². The zero-order valence-corrected chi connectivity index (χ0v) is 53.7. The highest BCUT2D eigenvalue weighted by Crippen LogP contribution is 2.57. The molecule has 83 heavy (non-hydrogen) atoms. The van der Waals surface area contributed by atoms with Crippen molar-refractivity contribution < 1.29 is 0 Å². The monoisotopic (exact) mass is 1110 g/mol. The Morgan fingerprint density at radius 3 is 1.41 bits per heavy atom. The molecule has 0 radical (unpaired) electrons. The van der Waals surface area contributed by atoms with Crippen molar-refractivity contribution in [2.75, 3.05) is 14.7 Å². The molecule has 0 spiro atoms. The molecule has 14 rings (SSSR count). The molecule has 0 fully saturated rings. The zero-order chi connectivity index (χ0) is 58.5. The fraction of sp³-hybridized carbons (Fsp3) is 0.385. The van der Waals surface area contributed by atoms with Crippen molar-refractivity contribution in [1.82, 2.24) is 0 Å². The van der Waals surface area contributed by atoms with Gasteiger partial charge < -0.3 is 14.7 Å². The van der Waals surface area contributed by atoms with E-state index in [0.29, 0.717) is 0 Å². The minimum atomic E-state index is -0.0434. The van der Waals surface area contributed by atoms with Crippen molar-refractivity contribution in [3.05, 3.63) is 190 Å². The van der Waals surface area contributed by atoms with Gasteiger partial charge in [0.1, 0.15) is 0 Å². The number of aryl methyl sites for hydroxylation is 2. The van der Waals surface area contributed by atoms with Crippen molar-refractivity contribution in [2.24, 2.45) is 0 Å². The number of nitrogens with zero attached hydrogens (tertiary/aromatic N) is 3. The number of benzene rings is 8. The van der Waals surface area contributed by atoms with Crippen molar-refractivity contribution >= 4 is 106 Å². The predicted molar refractivity (Wildman–Crippen MR) is 362 cm³/mol. The molecule has 0 atom stereocenters. The van der Waals surface area contributed by atoms with Crippen LogP contribution in [0.5, 0.6) is 0 Å². The van der Waals surface area contributed by atoms with Gasteiger partial charge >= 0.3 is 0 Å². The summed E-state index contributed by atoms with van der Waals surface area (Å²) in [5.74, 6) is 0. The van der Waals surface area contributed by atoms with Gasteiger partial charge in [0.05, 0.1) is 16.1 Å². The van der Waals surface area contributed by atoms with E-state index in [9.17, 15) is 0 Å². The molecular weight excluding hydrogens is 1020 g/mol. The average molecular weight is 1110 g/mol. The molecule has 422 valence electrons. The van der Waals surface area contributed by atoms with Crippen LogP contribution in [0.2, 0.25) is 0 Å². The molecule has 3 aliphatic carbocycles. The molecule has 5 aliphatic rings. The SMILES string of the molecule is Cc1ccccc1N(c1cc2c3c(c1)N(c1cccc4c1sc1cc(C(C)(C)C)ccc14)c1cc4c(cc1B3c1cc3c(cc1N2c1ccc2c(c1)C(C)(C)CCC2(C)C)C(C)(C)CCC3(C)C)C(C)(C)CCC4(C)C)c1ccccc1C. The number of hydrogen-bond donors (Lipinski definition) is 0. The number of hydrogen-bond acceptors (Lipinski definition) is 4. The Morgan fingerprint density at radius 2 is 0.892 bits per heavy atom. The first-order valence-electron chi connectivity index (χ1n) is 31.2. The summed E-state index contributed by atoms with van der Waals surface area (Å²) >= 11 is 1.97. The maximum Gasteiger partial charge on any atom is 0.252 e. The molecule has 0 saturated carbocycles. The smallest absolute Gasteiger partial charge is 0.252 e. The molecule has 8 aromatic carbocycles. The minimum absolute atomic E-state index is 0.000292. The third-order valence-electron chi connectivity index (χ3n) is 21.6. The van der Waals surface area contributed by atoms with E-state index in [1.165, 1.54) is 139 Å². The molecule has 0 N–H and O–H groups in total. The lowest BCUT2D eigenvalue weighted by Gasteiger charge is -2.49. The maximum absolute atomic E-state index is 2.77. The largest absolute Gasteiger partial charge is 0.311 e. The van der Waals surface area contributed by atoms with Crippen molar-refractivity contribution in [2.45, 2.75) is 194 Å². The molecule has 0 unspecified atom stereocenters. The van der Waals surface area contributed by atoms with E-state index in [0.717, 1.165) is 37.8 Å². The standard InChI is InChI=1S/C78H86BN3S/c1-47-23-18-20-26-62(47)81(63-27-21-19-24-48(63)2)51-41-67-70-68(42-51)82(64-28-22-25-53-52-31-29-49(72(3,4)5)39-69(52)83-71(53)64)66-46-59-57(76(12,13)36-38-78(59,16)17)44-61(66)79(70)60-43-56-58(77(14,15)37-35-75(56,10)11)45-65(60)80(67)50-30-32-54-55(40-50)74(8,9)34-33-73(54,6)7/h18-32,39-46H,33-38H2,1-17H3. The van der Waals surface area contributed by atoms with Gasteiger partial charge in [-0.05, 0) is 217 Å². The second kappa shape index (κ2) is 18.0. The van der Waals surface area contributed by atoms with Crippen LogP contribution in [-0.4, -0.2) is 6.71 Å². The second-order valence-corrected chi connectivity index (χ2v) is 32.1. The number of para-hydroxylation sites is 2. The van der Waals surface area contributed by atoms with Crippen LogP contribution in [0.1, 0.15) is 192 Å². The molecule has 1 aromatic heterocycles. The van der Waals surface area contributed by atoms with Gasteiger partial charge in [-0.25, -0.2) is 0 Å². The summed E-state index contributed by atoms with van der Waals surface area (Å²) in [6.45, 7) is 41.6. The Hall–Kier alpha value is -6.56. The third kappa shape index (κ3) is 8.22. The van der Waals surface area contributed by atoms with E-state index in [-0.39, 0.29) is 44.6 Å². The van der Waals surface area contributed by atoms with Gasteiger partial charge in [0.2, 0.25) is 0 Å². The van der Waals surface area contributed by atoms with Crippen LogP contribution in [0.25, 0.3) is 20.2 Å². The zero-order valence-electron chi connectivity index (χ0n) is 52.8. The highest BCUT2D eigenvalue weighted by molar-refractivity contribution is 7.26. The van der Waals surface area contributed by atoms with E-state index in [2.05, 4.69) is 272 Å². The molecule has 3 heterocycles. The van der Waals surface area contributed by atoms with E-state index in [4.69, 9.17) is 0 Å². The van der Waals surface area contributed by atoms with Crippen LogP contribution in [0.15, 0.2) is 140 Å². The number of rotatable bonds is 5. The predicted octanol–water partition coefficient (Wildman–Crippen LogP) is 20.6. The summed E-state index contributed by atoms with van der Waals surface area (Å²) in [4.78, 5) is 8.12.